The molecule has 0 aliphatic heterocycles. The molecule has 4 nitrogen and oxygen atoms in total. The summed E-state index contributed by atoms with van der Waals surface area (Å²) >= 11 is 0. The van der Waals surface area contributed by atoms with Crippen molar-refractivity contribution in [3.05, 3.63) is 59.5 Å². The van der Waals surface area contributed by atoms with E-state index in [1.807, 2.05) is 0 Å². The van der Waals surface area contributed by atoms with E-state index in [0.29, 0.717) is 5.88 Å². The topological polar surface area (TPSA) is 59.4 Å². The van der Waals surface area contributed by atoms with E-state index in [9.17, 15) is 9.18 Å². The number of ether oxygens (including phenoxy) is 1. The van der Waals surface area contributed by atoms with E-state index in [2.05, 4.69) is 4.98 Å². The summed E-state index contributed by atoms with van der Waals surface area (Å²) < 4.78 is 18.0. The van der Waals surface area contributed by atoms with Crippen molar-refractivity contribution >= 4 is 5.97 Å². The highest BCUT2D eigenvalue weighted by Crippen LogP contribution is 2.11. The van der Waals surface area contributed by atoms with Crippen LogP contribution in [0.15, 0.2) is 42.6 Å². The molecular weight excluding hydrogens is 237 g/mol. The van der Waals surface area contributed by atoms with Gasteiger partial charge in [0.25, 0.3) is 0 Å². The molecule has 0 unspecified atom stereocenters. The Morgan fingerprint density at radius 3 is 2.50 bits per heavy atom. The Morgan fingerprint density at radius 2 is 1.94 bits per heavy atom. The number of hydrogen-bond acceptors (Lipinski definition) is 3. The van der Waals surface area contributed by atoms with Gasteiger partial charge >= 0.3 is 5.97 Å². The van der Waals surface area contributed by atoms with Gasteiger partial charge in [-0.15, -0.1) is 0 Å². The highest BCUT2D eigenvalue weighted by atomic mass is 19.1. The molecule has 2 rings (SSSR count). The Hall–Kier alpha value is -2.43. The molecule has 0 amide bonds. The Balaban J connectivity index is 1.97. The number of carbonyl (C=O) groups is 1. The maximum atomic E-state index is 12.7. The van der Waals surface area contributed by atoms with E-state index in [4.69, 9.17) is 9.84 Å². The Labute approximate surface area is 103 Å². The monoisotopic (exact) mass is 247 g/mol. The molecule has 1 N–H and O–H groups in total. The molecule has 18 heavy (non-hydrogen) atoms. The molecule has 0 spiro atoms. The molecular formula is C13H10FNO3. The SMILES string of the molecule is O=C(O)c1ccc(OCc2ccc(F)cc2)nc1. The molecule has 0 saturated carbocycles. The number of aromatic carboxylic acids is 1. The first-order chi connectivity index (χ1) is 8.65. The van der Waals surface area contributed by atoms with Gasteiger partial charge in [-0.3, -0.25) is 0 Å². The maximum absolute atomic E-state index is 12.7. The zero-order chi connectivity index (χ0) is 13.0. The van der Waals surface area contributed by atoms with Crippen LogP contribution in [0.2, 0.25) is 0 Å². The smallest absolute Gasteiger partial charge is 0.337 e. The van der Waals surface area contributed by atoms with Crippen molar-refractivity contribution in [3.63, 3.8) is 0 Å². The first-order valence-electron chi connectivity index (χ1n) is 5.22. The van der Waals surface area contributed by atoms with Gasteiger partial charge in [0, 0.05) is 12.3 Å². The fraction of sp³-hybridized carbons (Fsp3) is 0.0769. The van der Waals surface area contributed by atoms with Gasteiger partial charge in [0.2, 0.25) is 5.88 Å². The van der Waals surface area contributed by atoms with Gasteiger partial charge in [-0.2, -0.15) is 0 Å². The van der Waals surface area contributed by atoms with Crippen molar-refractivity contribution < 1.29 is 19.0 Å². The summed E-state index contributed by atoms with van der Waals surface area (Å²) in [6, 6.07) is 8.81. The first kappa shape index (κ1) is 12.0. The fourth-order valence-electron chi connectivity index (χ4n) is 1.33. The van der Waals surface area contributed by atoms with Crippen molar-refractivity contribution in [1.29, 1.82) is 0 Å². The highest BCUT2D eigenvalue weighted by molar-refractivity contribution is 5.87. The highest BCUT2D eigenvalue weighted by Gasteiger charge is 2.03. The van der Waals surface area contributed by atoms with Crippen LogP contribution in [-0.4, -0.2) is 16.1 Å². The van der Waals surface area contributed by atoms with E-state index < -0.39 is 5.97 Å². The number of benzene rings is 1. The van der Waals surface area contributed by atoms with E-state index >= 15 is 0 Å². The second kappa shape index (κ2) is 5.27. The Bertz CT molecular complexity index is 537. The average Bonchev–Trinajstić information content (AvgIpc) is 2.38. The number of aromatic nitrogens is 1. The fourth-order valence-corrected chi connectivity index (χ4v) is 1.33. The molecule has 2 aromatic rings. The summed E-state index contributed by atoms with van der Waals surface area (Å²) in [6.07, 6.45) is 1.22. The van der Waals surface area contributed by atoms with E-state index in [0.717, 1.165) is 5.56 Å². The lowest BCUT2D eigenvalue weighted by molar-refractivity contribution is 0.0696. The van der Waals surface area contributed by atoms with Gasteiger partial charge in [0.15, 0.2) is 0 Å². The minimum atomic E-state index is -1.03. The van der Waals surface area contributed by atoms with Gasteiger partial charge < -0.3 is 9.84 Å². The van der Waals surface area contributed by atoms with Crippen LogP contribution in [0.25, 0.3) is 0 Å². The standard InChI is InChI=1S/C13H10FNO3/c14-11-4-1-9(2-5-11)8-18-12-6-3-10(7-15-12)13(16)17/h1-7H,8H2,(H,16,17). The molecule has 1 aromatic heterocycles. The molecule has 1 aromatic carbocycles. The summed E-state index contributed by atoms with van der Waals surface area (Å²) in [7, 11) is 0. The third-order valence-electron chi connectivity index (χ3n) is 2.28. The maximum Gasteiger partial charge on any atom is 0.337 e. The van der Waals surface area contributed by atoms with Gasteiger partial charge in [-0.05, 0) is 23.8 Å². The van der Waals surface area contributed by atoms with Crippen LogP contribution in [0.5, 0.6) is 5.88 Å². The molecule has 0 aliphatic rings. The lowest BCUT2D eigenvalue weighted by atomic mass is 10.2. The van der Waals surface area contributed by atoms with E-state index in [1.165, 1.54) is 30.5 Å². The predicted molar refractivity (Wildman–Crippen MR) is 61.9 cm³/mol. The predicted octanol–water partition coefficient (Wildman–Crippen LogP) is 2.50. The van der Waals surface area contributed by atoms with Crippen molar-refractivity contribution in [2.75, 3.05) is 0 Å². The van der Waals surface area contributed by atoms with Crippen LogP contribution in [0, 0.1) is 5.82 Å². The molecule has 0 aliphatic carbocycles. The van der Waals surface area contributed by atoms with Crippen LogP contribution in [0.3, 0.4) is 0 Å². The summed E-state index contributed by atoms with van der Waals surface area (Å²) in [5.41, 5.74) is 0.907. The molecule has 0 radical (unpaired) electrons. The average molecular weight is 247 g/mol. The number of carboxylic acids is 1. The third kappa shape index (κ3) is 3.04. The molecule has 0 fully saturated rings. The van der Waals surface area contributed by atoms with Gasteiger partial charge in [-0.25, -0.2) is 14.2 Å². The minimum absolute atomic E-state index is 0.101. The zero-order valence-electron chi connectivity index (χ0n) is 9.34. The van der Waals surface area contributed by atoms with E-state index in [1.54, 1.807) is 12.1 Å². The number of hydrogen-bond donors (Lipinski definition) is 1. The van der Waals surface area contributed by atoms with Crippen molar-refractivity contribution in [1.82, 2.24) is 4.98 Å². The Morgan fingerprint density at radius 1 is 1.22 bits per heavy atom. The largest absolute Gasteiger partial charge is 0.478 e. The number of nitrogens with zero attached hydrogens (tertiary/aromatic N) is 1. The van der Waals surface area contributed by atoms with Crippen molar-refractivity contribution in [2.24, 2.45) is 0 Å². The van der Waals surface area contributed by atoms with Crippen LogP contribution in [0.1, 0.15) is 15.9 Å². The van der Waals surface area contributed by atoms with Crippen LogP contribution in [0.4, 0.5) is 4.39 Å². The molecule has 0 saturated heterocycles. The van der Waals surface area contributed by atoms with Gasteiger partial charge in [-0.1, -0.05) is 12.1 Å². The quantitative estimate of drug-likeness (QED) is 0.901. The van der Waals surface area contributed by atoms with Crippen LogP contribution >= 0.6 is 0 Å². The molecule has 0 bridgehead atoms. The molecule has 5 heteroatoms. The summed E-state index contributed by atoms with van der Waals surface area (Å²) in [4.78, 5) is 14.5. The lowest BCUT2D eigenvalue weighted by Gasteiger charge is -2.05. The molecule has 1 heterocycles. The Kier molecular flexibility index (Phi) is 3.52. The zero-order valence-corrected chi connectivity index (χ0v) is 9.34. The second-order valence-corrected chi connectivity index (χ2v) is 3.61. The second-order valence-electron chi connectivity index (χ2n) is 3.61. The van der Waals surface area contributed by atoms with Gasteiger partial charge in [0.1, 0.15) is 12.4 Å². The van der Waals surface area contributed by atoms with E-state index in [-0.39, 0.29) is 18.0 Å². The van der Waals surface area contributed by atoms with Crippen molar-refractivity contribution in [3.8, 4) is 5.88 Å². The lowest BCUT2D eigenvalue weighted by Crippen LogP contribution is -2.00. The third-order valence-corrected chi connectivity index (χ3v) is 2.28. The molecule has 92 valence electrons. The number of halogens is 1. The number of pyridine rings is 1. The van der Waals surface area contributed by atoms with Crippen LogP contribution < -0.4 is 4.74 Å². The van der Waals surface area contributed by atoms with Crippen molar-refractivity contribution in [2.45, 2.75) is 6.61 Å². The molecule has 0 atom stereocenters. The first-order valence-corrected chi connectivity index (χ1v) is 5.22. The minimum Gasteiger partial charge on any atom is -0.478 e. The van der Waals surface area contributed by atoms with Crippen LogP contribution in [-0.2, 0) is 6.61 Å². The number of carboxylic acid groups (broad SMARTS) is 1. The summed E-state index contributed by atoms with van der Waals surface area (Å²) in [6.45, 7) is 0.250. The summed E-state index contributed by atoms with van der Waals surface area (Å²) in [5.74, 6) is -1.01. The number of rotatable bonds is 4. The normalized spacial score (nSPS) is 10.1. The van der Waals surface area contributed by atoms with Gasteiger partial charge in [0.05, 0.1) is 5.56 Å². The summed E-state index contributed by atoms with van der Waals surface area (Å²) in [5, 5.41) is 8.69.